The summed E-state index contributed by atoms with van der Waals surface area (Å²) in [6.07, 6.45) is 3.69. The monoisotopic (exact) mass is 277 g/mol. The lowest BCUT2D eigenvalue weighted by atomic mass is 9.94. The fourth-order valence-corrected chi connectivity index (χ4v) is 2.74. The summed E-state index contributed by atoms with van der Waals surface area (Å²) in [5.74, 6) is 0. The second-order valence-corrected chi connectivity index (χ2v) is 5.40. The van der Waals surface area contributed by atoms with Crippen LogP contribution in [0.2, 0.25) is 0 Å². The standard InChI is InChI=1S/C16H25NO.C2H6/c1-4-9-17(3)10-7-16-15-6-5-13(2)12-14(15)8-11-18-16;1-2/h5-6,12,16H,4,7-11H2,1-3H3;1-2H3. The average Bonchev–Trinajstić information content (AvgIpc) is 2.47. The highest BCUT2D eigenvalue weighted by Crippen LogP contribution is 2.30. The lowest BCUT2D eigenvalue weighted by molar-refractivity contribution is 0.0309. The third-order valence-corrected chi connectivity index (χ3v) is 3.71. The summed E-state index contributed by atoms with van der Waals surface area (Å²) < 4.78 is 5.95. The van der Waals surface area contributed by atoms with Gasteiger partial charge in [-0.2, -0.15) is 0 Å². The van der Waals surface area contributed by atoms with Crippen LogP contribution in [0.25, 0.3) is 0 Å². The van der Waals surface area contributed by atoms with Crippen molar-refractivity contribution in [3.63, 3.8) is 0 Å². The van der Waals surface area contributed by atoms with E-state index in [1.165, 1.54) is 29.7 Å². The minimum Gasteiger partial charge on any atom is -0.373 e. The Bertz CT molecular complexity index is 389. The summed E-state index contributed by atoms with van der Waals surface area (Å²) in [5.41, 5.74) is 4.26. The minimum absolute atomic E-state index is 0.300. The lowest BCUT2D eigenvalue weighted by Crippen LogP contribution is -2.25. The van der Waals surface area contributed by atoms with Crippen LogP contribution < -0.4 is 0 Å². The van der Waals surface area contributed by atoms with Gasteiger partial charge in [0.15, 0.2) is 0 Å². The van der Waals surface area contributed by atoms with Crippen LogP contribution in [0.1, 0.15) is 56.4 Å². The molecule has 0 fully saturated rings. The zero-order valence-electron chi connectivity index (χ0n) is 13.9. The molecule has 2 rings (SSSR count). The minimum atomic E-state index is 0.300. The van der Waals surface area contributed by atoms with E-state index in [1.54, 1.807) is 0 Å². The molecule has 2 nitrogen and oxygen atoms in total. The molecule has 1 heterocycles. The Kier molecular flexibility index (Phi) is 7.86. The molecular weight excluding hydrogens is 246 g/mol. The molecule has 1 atom stereocenters. The number of nitrogens with zero attached hydrogens (tertiary/aromatic N) is 1. The van der Waals surface area contributed by atoms with Gasteiger partial charge in [-0.3, -0.25) is 0 Å². The van der Waals surface area contributed by atoms with Crippen molar-refractivity contribution < 1.29 is 4.74 Å². The predicted octanol–water partition coefficient (Wildman–Crippen LogP) is 4.37. The van der Waals surface area contributed by atoms with Crippen molar-refractivity contribution in [3.05, 3.63) is 34.9 Å². The molecule has 0 saturated carbocycles. The van der Waals surface area contributed by atoms with Crippen LogP contribution in [0.15, 0.2) is 18.2 Å². The van der Waals surface area contributed by atoms with Crippen LogP contribution >= 0.6 is 0 Å². The summed E-state index contributed by atoms with van der Waals surface area (Å²) in [6, 6.07) is 6.78. The maximum Gasteiger partial charge on any atom is 0.0839 e. The number of hydrogen-bond acceptors (Lipinski definition) is 2. The highest BCUT2D eigenvalue weighted by Gasteiger charge is 2.20. The van der Waals surface area contributed by atoms with E-state index in [9.17, 15) is 0 Å². The van der Waals surface area contributed by atoms with Crippen molar-refractivity contribution in [1.82, 2.24) is 4.90 Å². The van der Waals surface area contributed by atoms with E-state index in [0.29, 0.717) is 6.10 Å². The first-order valence-corrected chi connectivity index (χ1v) is 8.10. The number of hydrogen-bond donors (Lipinski definition) is 0. The summed E-state index contributed by atoms with van der Waals surface area (Å²) in [6.45, 7) is 11.6. The molecule has 0 N–H and O–H groups in total. The van der Waals surface area contributed by atoms with Gasteiger partial charge in [0.05, 0.1) is 12.7 Å². The molecule has 0 aromatic heterocycles. The van der Waals surface area contributed by atoms with Crippen LogP contribution in [0.3, 0.4) is 0 Å². The fourth-order valence-electron chi connectivity index (χ4n) is 2.74. The van der Waals surface area contributed by atoms with E-state index >= 15 is 0 Å². The number of benzene rings is 1. The van der Waals surface area contributed by atoms with Crippen molar-refractivity contribution in [1.29, 1.82) is 0 Å². The second kappa shape index (κ2) is 9.15. The Morgan fingerprint density at radius 1 is 1.25 bits per heavy atom. The molecule has 20 heavy (non-hydrogen) atoms. The van der Waals surface area contributed by atoms with E-state index < -0.39 is 0 Å². The van der Waals surface area contributed by atoms with E-state index in [1.807, 2.05) is 13.8 Å². The number of fused-ring (bicyclic) bond motifs is 1. The quantitative estimate of drug-likeness (QED) is 0.792. The molecule has 114 valence electrons. The molecule has 0 bridgehead atoms. The third kappa shape index (κ3) is 4.92. The van der Waals surface area contributed by atoms with E-state index in [-0.39, 0.29) is 0 Å². The molecule has 1 aromatic rings. The van der Waals surface area contributed by atoms with Crippen LogP contribution in [-0.2, 0) is 11.2 Å². The van der Waals surface area contributed by atoms with E-state index in [0.717, 1.165) is 26.0 Å². The number of ether oxygens (including phenoxy) is 1. The molecule has 1 aliphatic rings. The van der Waals surface area contributed by atoms with Crippen LogP contribution in [0, 0.1) is 6.92 Å². The molecular formula is C18H31NO. The Hall–Kier alpha value is -0.860. The van der Waals surface area contributed by atoms with Gasteiger partial charge in [-0.1, -0.05) is 44.5 Å². The average molecular weight is 277 g/mol. The van der Waals surface area contributed by atoms with Crippen molar-refractivity contribution in [2.75, 3.05) is 26.7 Å². The maximum absolute atomic E-state index is 5.95. The molecule has 1 aromatic carbocycles. The molecule has 0 saturated heterocycles. The van der Waals surface area contributed by atoms with Gasteiger partial charge in [0.1, 0.15) is 0 Å². The van der Waals surface area contributed by atoms with Crippen molar-refractivity contribution in [2.45, 2.75) is 53.1 Å². The number of rotatable bonds is 5. The molecule has 2 heteroatoms. The Morgan fingerprint density at radius 3 is 2.70 bits per heavy atom. The Labute approximate surface area is 125 Å². The van der Waals surface area contributed by atoms with Crippen LogP contribution in [0.5, 0.6) is 0 Å². The zero-order chi connectivity index (χ0) is 15.0. The van der Waals surface area contributed by atoms with Gasteiger partial charge in [-0.15, -0.1) is 0 Å². The smallest absolute Gasteiger partial charge is 0.0839 e. The summed E-state index contributed by atoms with van der Waals surface area (Å²) >= 11 is 0. The highest BCUT2D eigenvalue weighted by atomic mass is 16.5. The highest BCUT2D eigenvalue weighted by molar-refractivity contribution is 5.34. The van der Waals surface area contributed by atoms with Crippen molar-refractivity contribution >= 4 is 0 Å². The van der Waals surface area contributed by atoms with E-state index in [4.69, 9.17) is 4.74 Å². The van der Waals surface area contributed by atoms with Gasteiger partial charge in [0, 0.05) is 6.54 Å². The van der Waals surface area contributed by atoms with Crippen LogP contribution in [0.4, 0.5) is 0 Å². The maximum atomic E-state index is 5.95. The van der Waals surface area contributed by atoms with Gasteiger partial charge in [-0.25, -0.2) is 0 Å². The molecule has 0 amide bonds. The van der Waals surface area contributed by atoms with E-state index in [2.05, 4.69) is 44.0 Å². The van der Waals surface area contributed by atoms with Crippen LogP contribution in [-0.4, -0.2) is 31.6 Å². The summed E-state index contributed by atoms with van der Waals surface area (Å²) in [7, 11) is 2.20. The van der Waals surface area contributed by atoms with Gasteiger partial charge < -0.3 is 9.64 Å². The Balaban J connectivity index is 0.000000956. The zero-order valence-corrected chi connectivity index (χ0v) is 13.9. The Morgan fingerprint density at radius 2 is 2.00 bits per heavy atom. The second-order valence-electron chi connectivity index (χ2n) is 5.40. The van der Waals surface area contributed by atoms with Gasteiger partial charge in [0.2, 0.25) is 0 Å². The van der Waals surface area contributed by atoms with Gasteiger partial charge in [0.25, 0.3) is 0 Å². The third-order valence-electron chi connectivity index (χ3n) is 3.71. The lowest BCUT2D eigenvalue weighted by Gasteiger charge is -2.28. The molecule has 1 aliphatic heterocycles. The molecule has 0 aliphatic carbocycles. The van der Waals surface area contributed by atoms with Gasteiger partial charge in [-0.05, 0) is 50.9 Å². The van der Waals surface area contributed by atoms with Crippen molar-refractivity contribution in [3.8, 4) is 0 Å². The van der Waals surface area contributed by atoms with Crippen molar-refractivity contribution in [2.24, 2.45) is 0 Å². The SMILES string of the molecule is CC.CCCN(C)CCC1OCCc2cc(C)ccc21. The largest absolute Gasteiger partial charge is 0.373 e. The number of aryl methyl sites for hydroxylation is 1. The summed E-state index contributed by atoms with van der Waals surface area (Å²) in [5, 5.41) is 0. The van der Waals surface area contributed by atoms with Gasteiger partial charge >= 0.3 is 0 Å². The topological polar surface area (TPSA) is 12.5 Å². The predicted molar refractivity (Wildman–Crippen MR) is 87.3 cm³/mol. The molecule has 1 unspecified atom stereocenters. The normalized spacial score (nSPS) is 17.4. The molecule has 0 spiro atoms. The first kappa shape index (κ1) is 17.2. The fraction of sp³-hybridized carbons (Fsp3) is 0.667. The molecule has 0 radical (unpaired) electrons. The first-order chi connectivity index (χ1) is 9.70. The summed E-state index contributed by atoms with van der Waals surface area (Å²) in [4.78, 5) is 2.39. The first-order valence-electron chi connectivity index (χ1n) is 8.10.